The predicted octanol–water partition coefficient (Wildman–Crippen LogP) is 0.266. The zero-order valence-electron chi connectivity index (χ0n) is 18.5. The van der Waals surface area contributed by atoms with E-state index in [1.165, 1.54) is 0 Å². The van der Waals surface area contributed by atoms with Crippen LogP contribution in [0.5, 0.6) is 0 Å². The summed E-state index contributed by atoms with van der Waals surface area (Å²) in [6.45, 7) is 9.13. The van der Waals surface area contributed by atoms with E-state index in [9.17, 15) is 4.79 Å². The van der Waals surface area contributed by atoms with Crippen LogP contribution in [0, 0.1) is 0 Å². The van der Waals surface area contributed by atoms with Crippen LogP contribution in [0.3, 0.4) is 0 Å². The number of aromatic nitrogens is 2. The number of ether oxygens (including phenoxy) is 2. The highest BCUT2D eigenvalue weighted by Crippen LogP contribution is 2.10. The summed E-state index contributed by atoms with van der Waals surface area (Å²) in [7, 11) is 0. The smallest absolute Gasteiger partial charge is 0.225 e. The molecule has 0 spiro atoms. The lowest BCUT2D eigenvalue weighted by Gasteiger charge is -2.34. The Morgan fingerprint density at radius 1 is 1.26 bits per heavy atom. The minimum Gasteiger partial charge on any atom is -0.379 e. The van der Waals surface area contributed by atoms with Crippen LogP contribution in [-0.2, 0) is 14.3 Å². The fourth-order valence-electron chi connectivity index (χ4n) is 3.55. The van der Waals surface area contributed by atoms with E-state index in [4.69, 9.17) is 9.47 Å². The van der Waals surface area contributed by atoms with Gasteiger partial charge in [0.2, 0.25) is 11.9 Å². The molecule has 0 bridgehead atoms. The molecule has 1 atom stereocenters. The summed E-state index contributed by atoms with van der Waals surface area (Å²) in [5.41, 5.74) is 0. The molecule has 1 unspecified atom stereocenters. The van der Waals surface area contributed by atoms with Crippen LogP contribution in [0.2, 0.25) is 0 Å². The van der Waals surface area contributed by atoms with Crippen molar-refractivity contribution < 1.29 is 14.3 Å². The maximum absolute atomic E-state index is 12.6. The summed E-state index contributed by atoms with van der Waals surface area (Å²) in [6, 6.07) is 1.81. The molecule has 2 saturated heterocycles. The zero-order chi connectivity index (χ0) is 21.7. The summed E-state index contributed by atoms with van der Waals surface area (Å²) >= 11 is 0. The third-order valence-electron chi connectivity index (χ3n) is 5.26. The van der Waals surface area contributed by atoms with Crippen LogP contribution >= 0.6 is 0 Å². The van der Waals surface area contributed by atoms with Crippen molar-refractivity contribution in [2.45, 2.75) is 32.3 Å². The highest BCUT2D eigenvalue weighted by molar-refractivity contribution is 5.81. The molecule has 3 heterocycles. The number of anilines is 1. The van der Waals surface area contributed by atoms with Crippen molar-refractivity contribution in [1.82, 2.24) is 25.5 Å². The van der Waals surface area contributed by atoms with Crippen molar-refractivity contribution in [2.24, 2.45) is 4.99 Å². The van der Waals surface area contributed by atoms with E-state index >= 15 is 0 Å². The van der Waals surface area contributed by atoms with Gasteiger partial charge in [-0.2, -0.15) is 0 Å². The average Bonchev–Trinajstić information content (AvgIpc) is 3.33. The number of hydrogen-bond donors (Lipinski definition) is 2. The van der Waals surface area contributed by atoms with E-state index in [1.807, 2.05) is 11.8 Å². The third kappa shape index (κ3) is 7.95. The number of aliphatic imine (C=N–C) groups is 1. The van der Waals surface area contributed by atoms with E-state index < -0.39 is 0 Å². The van der Waals surface area contributed by atoms with Crippen LogP contribution in [0.15, 0.2) is 23.5 Å². The lowest BCUT2D eigenvalue weighted by atomic mass is 10.3. The Bertz CT molecular complexity index is 675. The summed E-state index contributed by atoms with van der Waals surface area (Å²) < 4.78 is 11.1. The predicted molar refractivity (Wildman–Crippen MR) is 119 cm³/mol. The Morgan fingerprint density at radius 3 is 2.77 bits per heavy atom. The second kappa shape index (κ2) is 13.1. The molecule has 10 nitrogen and oxygen atoms in total. The minimum absolute atomic E-state index is 0.157. The van der Waals surface area contributed by atoms with Crippen LogP contribution < -0.4 is 15.5 Å². The zero-order valence-corrected chi connectivity index (χ0v) is 18.5. The topological polar surface area (TPSA) is 104 Å². The fraction of sp³-hybridized carbons (Fsp3) is 0.714. The van der Waals surface area contributed by atoms with Crippen LogP contribution in [0.4, 0.5) is 5.95 Å². The molecule has 0 aliphatic carbocycles. The first-order valence-corrected chi connectivity index (χ1v) is 11.3. The van der Waals surface area contributed by atoms with Gasteiger partial charge in [0.1, 0.15) is 0 Å². The molecule has 0 saturated carbocycles. The maximum Gasteiger partial charge on any atom is 0.225 e. The number of carbonyl (C=O) groups excluding carboxylic acids is 1. The molecular weight excluding hydrogens is 398 g/mol. The summed E-state index contributed by atoms with van der Waals surface area (Å²) in [5.74, 6) is 1.62. The van der Waals surface area contributed by atoms with Crippen molar-refractivity contribution in [1.29, 1.82) is 0 Å². The van der Waals surface area contributed by atoms with E-state index in [0.717, 1.165) is 51.0 Å². The number of amides is 1. The first-order chi connectivity index (χ1) is 15.3. The number of nitrogens with zero attached hydrogens (tertiary/aromatic N) is 5. The highest BCUT2D eigenvalue weighted by atomic mass is 16.5. The molecule has 2 N–H and O–H groups in total. The molecule has 1 aromatic rings. The second-order valence-corrected chi connectivity index (χ2v) is 7.56. The van der Waals surface area contributed by atoms with Gasteiger partial charge in [-0.3, -0.25) is 9.79 Å². The number of hydrogen-bond acceptors (Lipinski definition) is 7. The standard InChI is InChI=1S/C21H35N7O3/c1-2-22-20(23-9-4-15-31-18-6-16-30-17-18)24-10-5-19(29)27-11-13-28(14-12-27)21-25-7-3-8-26-21/h3,7-8,18H,2,4-6,9-17H2,1H3,(H2,22,23,24). The SMILES string of the molecule is CCNC(=NCCCOC1CCOC1)NCCC(=O)N1CCN(c2ncccn2)CC1. The molecule has 3 rings (SSSR count). The Morgan fingerprint density at radius 2 is 2.06 bits per heavy atom. The first kappa shape index (κ1) is 23.2. The molecule has 0 radical (unpaired) electrons. The van der Waals surface area contributed by atoms with Gasteiger partial charge < -0.3 is 29.9 Å². The van der Waals surface area contributed by atoms with Gasteiger partial charge in [-0.15, -0.1) is 0 Å². The van der Waals surface area contributed by atoms with Crippen molar-refractivity contribution in [3.63, 3.8) is 0 Å². The minimum atomic E-state index is 0.157. The molecule has 2 aliphatic heterocycles. The fourth-order valence-corrected chi connectivity index (χ4v) is 3.55. The molecule has 1 amide bonds. The largest absolute Gasteiger partial charge is 0.379 e. The van der Waals surface area contributed by atoms with E-state index in [1.54, 1.807) is 18.5 Å². The molecule has 10 heteroatoms. The number of rotatable bonds is 10. The van der Waals surface area contributed by atoms with E-state index in [2.05, 4.69) is 30.5 Å². The molecule has 1 aromatic heterocycles. The average molecular weight is 434 g/mol. The van der Waals surface area contributed by atoms with Crippen LogP contribution in [0.25, 0.3) is 0 Å². The number of carbonyl (C=O) groups is 1. The quantitative estimate of drug-likeness (QED) is 0.308. The number of guanidine groups is 1. The molecular formula is C21H35N7O3. The summed E-state index contributed by atoms with van der Waals surface area (Å²) in [5, 5.41) is 6.48. The molecule has 2 aliphatic rings. The van der Waals surface area contributed by atoms with E-state index in [0.29, 0.717) is 45.8 Å². The maximum atomic E-state index is 12.6. The highest BCUT2D eigenvalue weighted by Gasteiger charge is 2.22. The van der Waals surface area contributed by atoms with Gasteiger partial charge in [0.15, 0.2) is 5.96 Å². The van der Waals surface area contributed by atoms with Crippen molar-refractivity contribution >= 4 is 17.8 Å². The first-order valence-electron chi connectivity index (χ1n) is 11.3. The lowest BCUT2D eigenvalue weighted by Crippen LogP contribution is -2.50. The molecule has 0 aromatic carbocycles. The van der Waals surface area contributed by atoms with Crippen LogP contribution in [0.1, 0.15) is 26.2 Å². The van der Waals surface area contributed by atoms with Crippen LogP contribution in [-0.4, -0.2) is 98.5 Å². The Labute approximate surface area is 184 Å². The van der Waals surface area contributed by atoms with Gasteiger partial charge in [0.05, 0.1) is 12.7 Å². The molecule has 172 valence electrons. The normalized spacial score (nSPS) is 19.5. The Kier molecular flexibility index (Phi) is 9.78. The van der Waals surface area contributed by atoms with Crippen molar-refractivity contribution in [3.8, 4) is 0 Å². The summed E-state index contributed by atoms with van der Waals surface area (Å²) in [6.07, 6.45) is 6.01. The van der Waals surface area contributed by atoms with Gasteiger partial charge in [-0.25, -0.2) is 9.97 Å². The monoisotopic (exact) mass is 433 g/mol. The Hall–Kier alpha value is -2.46. The second-order valence-electron chi connectivity index (χ2n) is 7.56. The van der Waals surface area contributed by atoms with Gasteiger partial charge in [0.25, 0.3) is 0 Å². The van der Waals surface area contributed by atoms with Gasteiger partial charge >= 0.3 is 0 Å². The van der Waals surface area contributed by atoms with Gasteiger partial charge in [-0.05, 0) is 25.8 Å². The van der Waals surface area contributed by atoms with Gasteiger partial charge in [-0.1, -0.05) is 0 Å². The van der Waals surface area contributed by atoms with E-state index in [-0.39, 0.29) is 12.0 Å². The molecule has 2 fully saturated rings. The van der Waals surface area contributed by atoms with Gasteiger partial charge in [0, 0.05) is 77.8 Å². The lowest BCUT2D eigenvalue weighted by molar-refractivity contribution is -0.131. The summed E-state index contributed by atoms with van der Waals surface area (Å²) in [4.78, 5) is 29.7. The van der Waals surface area contributed by atoms with Crippen molar-refractivity contribution in [2.75, 3.05) is 70.5 Å². The molecule has 31 heavy (non-hydrogen) atoms. The Balaban J connectivity index is 1.31. The number of piperazine rings is 1. The van der Waals surface area contributed by atoms with Crippen molar-refractivity contribution in [3.05, 3.63) is 18.5 Å². The third-order valence-corrected chi connectivity index (χ3v) is 5.26. The number of nitrogens with one attached hydrogen (secondary N) is 2.